The van der Waals surface area contributed by atoms with Gasteiger partial charge in [0.25, 0.3) is 5.91 Å². The van der Waals surface area contributed by atoms with E-state index in [1.807, 2.05) is 0 Å². The zero-order chi connectivity index (χ0) is 19.3. The van der Waals surface area contributed by atoms with Crippen molar-refractivity contribution in [2.45, 2.75) is 6.18 Å². The number of halogens is 3. The van der Waals surface area contributed by atoms with Gasteiger partial charge in [-0.15, -0.1) is 0 Å². The fourth-order valence-electron chi connectivity index (χ4n) is 2.34. The molecule has 0 radical (unpaired) electrons. The van der Waals surface area contributed by atoms with E-state index < -0.39 is 11.7 Å². The number of methoxy groups -OCH3 is 1. The fraction of sp³-hybridized carbons (Fsp3) is 0.333. The van der Waals surface area contributed by atoms with Crippen molar-refractivity contribution in [1.29, 1.82) is 0 Å². The number of anilines is 1. The van der Waals surface area contributed by atoms with Crippen molar-refractivity contribution < 1.29 is 22.7 Å². The van der Waals surface area contributed by atoms with Gasteiger partial charge >= 0.3 is 6.18 Å². The number of carbonyl (C=O) groups is 1. The molecular weight excluding hydrogens is 347 g/mol. The Morgan fingerprint density at radius 3 is 2.58 bits per heavy atom. The Kier molecular flexibility index (Phi) is 6.20. The van der Waals surface area contributed by atoms with E-state index in [0.717, 1.165) is 12.1 Å². The zero-order valence-electron chi connectivity index (χ0n) is 14.7. The van der Waals surface area contributed by atoms with Gasteiger partial charge in [0.05, 0.1) is 23.4 Å². The molecule has 0 saturated heterocycles. The first-order valence-electron chi connectivity index (χ1n) is 7.87. The van der Waals surface area contributed by atoms with Gasteiger partial charge in [-0.2, -0.15) is 13.2 Å². The summed E-state index contributed by atoms with van der Waals surface area (Å²) in [7, 11) is 4.96. The number of rotatable bonds is 6. The number of hydrogen-bond acceptors (Lipinski definition) is 4. The lowest BCUT2D eigenvalue weighted by atomic mass is 10.1. The van der Waals surface area contributed by atoms with Crippen LogP contribution in [0.4, 0.5) is 19.0 Å². The minimum absolute atomic E-state index is 0.325. The van der Waals surface area contributed by atoms with Crippen LogP contribution in [0, 0.1) is 0 Å². The molecule has 26 heavy (non-hydrogen) atoms. The van der Waals surface area contributed by atoms with Gasteiger partial charge in [0.2, 0.25) is 0 Å². The molecule has 0 spiro atoms. The lowest BCUT2D eigenvalue weighted by Crippen LogP contribution is -2.29. The summed E-state index contributed by atoms with van der Waals surface area (Å²) >= 11 is 0. The number of nitrogens with one attached hydrogen (secondary N) is 1. The number of carbonyl (C=O) groups excluding carboxylic acids is 1. The maximum Gasteiger partial charge on any atom is 0.416 e. The van der Waals surface area contributed by atoms with E-state index in [1.54, 1.807) is 31.1 Å². The van der Waals surface area contributed by atoms with Crippen LogP contribution in [0.25, 0.3) is 11.3 Å². The van der Waals surface area contributed by atoms with Gasteiger partial charge in [-0.3, -0.25) is 4.79 Å². The number of ether oxygens (including phenoxy) is 1. The Bertz CT molecular complexity index is 777. The number of alkyl halides is 3. The zero-order valence-corrected chi connectivity index (χ0v) is 14.7. The lowest BCUT2D eigenvalue weighted by molar-refractivity contribution is -0.137. The van der Waals surface area contributed by atoms with Gasteiger partial charge in [-0.05, 0) is 24.3 Å². The molecule has 0 aliphatic carbocycles. The number of benzene rings is 1. The van der Waals surface area contributed by atoms with Gasteiger partial charge in [0.1, 0.15) is 5.82 Å². The van der Waals surface area contributed by atoms with E-state index in [9.17, 15) is 18.0 Å². The van der Waals surface area contributed by atoms with Gasteiger partial charge in [-0.25, -0.2) is 4.98 Å². The Labute approximate surface area is 149 Å². The van der Waals surface area contributed by atoms with Crippen molar-refractivity contribution in [3.8, 4) is 11.3 Å². The molecule has 0 aliphatic heterocycles. The Balaban J connectivity index is 2.38. The van der Waals surface area contributed by atoms with Crippen molar-refractivity contribution in [2.75, 3.05) is 39.3 Å². The molecule has 1 heterocycles. The third-order valence-corrected chi connectivity index (χ3v) is 3.62. The molecule has 0 saturated carbocycles. The molecule has 1 aromatic heterocycles. The highest BCUT2D eigenvalue weighted by atomic mass is 19.4. The summed E-state index contributed by atoms with van der Waals surface area (Å²) in [4.78, 5) is 18.3. The second-order valence-electron chi connectivity index (χ2n) is 5.79. The predicted molar refractivity (Wildman–Crippen MR) is 93.2 cm³/mol. The van der Waals surface area contributed by atoms with E-state index in [2.05, 4.69) is 10.3 Å². The molecule has 5 nitrogen and oxygen atoms in total. The monoisotopic (exact) mass is 367 g/mol. The van der Waals surface area contributed by atoms with Crippen LogP contribution in [0.5, 0.6) is 0 Å². The van der Waals surface area contributed by atoms with Crippen molar-refractivity contribution >= 4 is 11.7 Å². The second kappa shape index (κ2) is 8.18. The first-order valence-corrected chi connectivity index (χ1v) is 7.87. The van der Waals surface area contributed by atoms with Crippen LogP contribution in [0.2, 0.25) is 0 Å². The van der Waals surface area contributed by atoms with Crippen molar-refractivity contribution in [2.24, 2.45) is 0 Å². The van der Waals surface area contributed by atoms with Crippen LogP contribution in [-0.2, 0) is 10.9 Å². The second-order valence-corrected chi connectivity index (χ2v) is 5.79. The smallest absolute Gasteiger partial charge is 0.383 e. The minimum atomic E-state index is -4.43. The van der Waals surface area contributed by atoms with Crippen molar-refractivity contribution in [3.05, 3.63) is 47.5 Å². The maximum atomic E-state index is 12.9. The highest BCUT2D eigenvalue weighted by Crippen LogP contribution is 2.32. The van der Waals surface area contributed by atoms with Gasteiger partial charge < -0.3 is 15.0 Å². The van der Waals surface area contributed by atoms with Gasteiger partial charge in [0, 0.05) is 33.3 Å². The van der Waals surface area contributed by atoms with E-state index in [1.165, 1.54) is 19.2 Å². The Morgan fingerprint density at radius 2 is 1.96 bits per heavy atom. The van der Waals surface area contributed by atoms with Crippen molar-refractivity contribution in [1.82, 2.24) is 10.3 Å². The third-order valence-electron chi connectivity index (χ3n) is 3.62. The molecule has 8 heteroatoms. The van der Waals surface area contributed by atoms with E-state index in [0.29, 0.717) is 35.8 Å². The average molecular weight is 367 g/mol. The molecule has 0 unspecified atom stereocenters. The van der Waals surface area contributed by atoms with Crippen LogP contribution in [0.3, 0.4) is 0 Å². The first-order chi connectivity index (χ1) is 12.2. The largest absolute Gasteiger partial charge is 0.416 e. The molecule has 1 aromatic carbocycles. The summed E-state index contributed by atoms with van der Waals surface area (Å²) in [6.45, 7) is 0.719. The highest BCUT2D eigenvalue weighted by Gasteiger charge is 2.30. The quantitative estimate of drug-likeness (QED) is 0.797. The van der Waals surface area contributed by atoms with Crippen LogP contribution in [0.1, 0.15) is 15.9 Å². The molecule has 0 aliphatic rings. The van der Waals surface area contributed by atoms with E-state index >= 15 is 0 Å². The number of amides is 1. The molecule has 2 aromatic rings. The van der Waals surface area contributed by atoms with Crippen LogP contribution in [-0.4, -0.2) is 45.2 Å². The normalized spacial score (nSPS) is 11.3. The van der Waals surface area contributed by atoms with Crippen LogP contribution in [0.15, 0.2) is 36.4 Å². The number of nitrogens with zero attached hydrogens (tertiary/aromatic N) is 2. The molecule has 0 fully saturated rings. The SMILES string of the molecule is COCCNC(=O)c1ccc(-c2cccc(C(F)(F)F)c2)nc1N(C)C. The number of pyridine rings is 1. The standard InChI is InChI=1S/C18H20F3N3O2/c1-24(2)16-14(17(25)22-9-10-26-3)7-8-15(23-16)12-5-4-6-13(11-12)18(19,20)21/h4-8,11H,9-10H2,1-3H3,(H,22,25). The van der Waals surface area contributed by atoms with Crippen LogP contribution < -0.4 is 10.2 Å². The summed E-state index contributed by atoms with van der Waals surface area (Å²) < 4.78 is 43.6. The van der Waals surface area contributed by atoms with Gasteiger partial charge in [0.15, 0.2) is 0 Å². The maximum absolute atomic E-state index is 12.9. The van der Waals surface area contributed by atoms with Gasteiger partial charge in [-0.1, -0.05) is 12.1 Å². The summed E-state index contributed by atoms with van der Waals surface area (Å²) in [5.41, 5.74) is 0.272. The first kappa shape index (κ1) is 19.7. The van der Waals surface area contributed by atoms with Crippen LogP contribution >= 0.6 is 0 Å². The Hall–Kier alpha value is -2.61. The predicted octanol–water partition coefficient (Wildman–Crippen LogP) is 3.21. The fourth-order valence-corrected chi connectivity index (χ4v) is 2.34. The van der Waals surface area contributed by atoms with E-state index in [-0.39, 0.29) is 5.91 Å². The molecular formula is C18H20F3N3O2. The van der Waals surface area contributed by atoms with Crippen molar-refractivity contribution in [3.63, 3.8) is 0 Å². The summed E-state index contributed by atoms with van der Waals surface area (Å²) in [6, 6.07) is 8.03. The van der Waals surface area contributed by atoms with E-state index in [4.69, 9.17) is 4.74 Å². The number of aromatic nitrogens is 1. The third kappa shape index (κ3) is 4.72. The minimum Gasteiger partial charge on any atom is -0.383 e. The Morgan fingerprint density at radius 1 is 1.23 bits per heavy atom. The summed E-state index contributed by atoms with van der Waals surface area (Å²) in [5, 5.41) is 2.70. The molecule has 0 bridgehead atoms. The molecule has 1 amide bonds. The lowest BCUT2D eigenvalue weighted by Gasteiger charge is -2.17. The molecule has 1 N–H and O–H groups in total. The summed E-state index contributed by atoms with van der Waals surface area (Å²) in [6.07, 6.45) is -4.43. The number of hydrogen-bond donors (Lipinski definition) is 1. The topological polar surface area (TPSA) is 54.5 Å². The summed E-state index contributed by atoms with van der Waals surface area (Å²) in [5.74, 6) is 0.0451. The molecule has 0 atom stereocenters. The highest BCUT2D eigenvalue weighted by molar-refractivity contribution is 5.99. The molecule has 2 rings (SSSR count). The average Bonchev–Trinajstić information content (AvgIpc) is 2.60. The molecule has 140 valence electrons.